The van der Waals surface area contributed by atoms with Crippen LogP contribution in [0.25, 0.3) is 11.2 Å². The predicted octanol–water partition coefficient (Wildman–Crippen LogP) is 0.494. The second kappa shape index (κ2) is 6.08. The molecule has 2 aromatic heterocycles. The second-order valence-corrected chi connectivity index (χ2v) is 5.34. The van der Waals surface area contributed by atoms with Gasteiger partial charge in [-0.05, 0) is 5.56 Å². The van der Waals surface area contributed by atoms with Gasteiger partial charge in [0.25, 0.3) is 11.6 Å². The normalized spacial score (nSPS) is 10.7. The van der Waals surface area contributed by atoms with Gasteiger partial charge < -0.3 is 4.74 Å². The minimum absolute atomic E-state index is 0.0311. The number of ether oxygens (including phenoxy) is 1. The summed E-state index contributed by atoms with van der Waals surface area (Å²) in [5.41, 5.74) is 0.575. The number of rotatable bonds is 4. The van der Waals surface area contributed by atoms with Crippen molar-refractivity contribution in [2.45, 2.75) is 6.54 Å². The van der Waals surface area contributed by atoms with E-state index in [1.165, 1.54) is 13.7 Å². The topological polar surface area (TPSA) is 71.1 Å². The average Bonchev–Trinajstić information content (AvgIpc) is 2.93. The Morgan fingerprint density at radius 3 is 2.54 bits per heavy atom. The van der Waals surface area contributed by atoms with Crippen molar-refractivity contribution < 1.29 is 4.74 Å². The first-order chi connectivity index (χ1) is 11.5. The lowest BCUT2D eigenvalue weighted by molar-refractivity contribution is 0.330. The smallest absolute Gasteiger partial charge is 0.332 e. The Kier molecular flexibility index (Phi) is 3.96. The Labute approximate surface area is 137 Å². The molecular formula is C17H16N4O3. The molecule has 7 heteroatoms. The molecule has 0 amide bonds. The van der Waals surface area contributed by atoms with E-state index in [4.69, 9.17) is 11.2 Å². The van der Waals surface area contributed by atoms with E-state index in [1.54, 1.807) is 14.1 Å². The van der Waals surface area contributed by atoms with Gasteiger partial charge in [-0.15, -0.1) is 6.42 Å². The highest BCUT2D eigenvalue weighted by Gasteiger charge is 2.19. The van der Waals surface area contributed by atoms with E-state index in [-0.39, 0.29) is 24.8 Å². The van der Waals surface area contributed by atoms with Crippen LogP contribution >= 0.6 is 0 Å². The van der Waals surface area contributed by atoms with E-state index in [0.29, 0.717) is 5.52 Å². The summed E-state index contributed by atoms with van der Waals surface area (Å²) in [6, 6.07) is 9.52. The van der Waals surface area contributed by atoms with Crippen LogP contribution in [0.5, 0.6) is 6.01 Å². The fraction of sp³-hybridized carbons (Fsp3) is 0.235. The van der Waals surface area contributed by atoms with Crippen molar-refractivity contribution in [2.24, 2.45) is 14.1 Å². The molecule has 3 rings (SSSR count). The number of benzene rings is 1. The van der Waals surface area contributed by atoms with Crippen molar-refractivity contribution in [1.82, 2.24) is 18.7 Å². The molecule has 0 saturated carbocycles. The van der Waals surface area contributed by atoms with Gasteiger partial charge in [0.2, 0.25) is 0 Å². The summed E-state index contributed by atoms with van der Waals surface area (Å²) in [5, 5.41) is 0. The van der Waals surface area contributed by atoms with Crippen molar-refractivity contribution in [2.75, 3.05) is 6.61 Å². The summed E-state index contributed by atoms with van der Waals surface area (Å²) in [6.45, 7) is 0.220. The maximum atomic E-state index is 12.8. The number of hydrogen-bond acceptors (Lipinski definition) is 4. The third kappa shape index (κ3) is 2.48. The molecule has 122 valence electrons. The third-order valence-corrected chi connectivity index (χ3v) is 3.79. The number of aromatic nitrogens is 4. The fourth-order valence-electron chi connectivity index (χ4n) is 2.56. The van der Waals surface area contributed by atoms with Crippen LogP contribution in [0, 0.1) is 12.3 Å². The number of fused-ring (bicyclic) bond motifs is 1. The zero-order valence-electron chi connectivity index (χ0n) is 13.4. The van der Waals surface area contributed by atoms with Gasteiger partial charge in [0, 0.05) is 14.1 Å². The van der Waals surface area contributed by atoms with Crippen LogP contribution in [0.1, 0.15) is 5.56 Å². The zero-order chi connectivity index (χ0) is 17.3. The molecule has 0 N–H and O–H groups in total. The largest absolute Gasteiger partial charge is 0.451 e. The van der Waals surface area contributed by atoms with E-state index in [1.807, 2.05) is 30.3 Å². The van der Waals surface area contributed by atoms with E-state index in [2.05, 4.69) is 10.9 Å². The summed E-state index contributed by atoms with van der Waals surface area (Å²) in [5.74, 6) is 2.34. The molecule has 0 saturated heterocycles. The lowest BCUT2D eigenvalue weighted by Gasteiger charge is -2.08. The first-order valence-electron chi connectivity index (χ1n) is 7.31. The van der Waals surface area contributed by atoms with Crippen molar-refractivity contribution in [3.8, 4) is 18.4 Å². The molecule has 0 aliphatic carbocycles. The van der Waals surface area contributed by atoms with Crippen LogP contribution < -0.4 is 16.0 Å². The fourth-order valence-corrected chi connectivity index (χ4v) is 2.56. The Morgan fingerprint density at radius 1 is 1.17 bits per heavy atom. The summed E-state index contributed by atoms with van der Waals surface area (Å²) in [4.78, 5) is 29.6. The number of nitrogens with zero attached hydrogens (tertiary/aromatic N) is 4. The highest BCUT2D eigenvalue weighted by atomic mass is 16.5. The summed E-state index contributed by atoms with van der Waals surface area (Å²) in [7, 11) is 3.23. The van der Waals surface area contributed by atoms with Crippen LogP contribution in [-0.2, 0) is 20.6 Å². The molecule has 0 spiro atoms. The van der Waals surface area contributed by atoms with Gasteiger partial charge in [-0.1, -0.05) is 36.3 Å². The molecule has 0 atom stereocenters. The average molecular weight is 324 g/mol. The van der Waals surface area contributed by atoms with Crippen molar-refractivity contribution in [3.63, 3.8) is 0 Å². The molecular weight excluding hydrogens is 308 g/mol. The highest BCUT2D eigenvalue weighted by molar-refractivity contribution is 5.71. The lowest BCUT2D eigenvalue weighted by Crippen LogP contribution is -2.39. The van der Waals surface area contributed by atoms with Gasteiger partial charge in [-0.3, -0.25) is 18.5 Å². The molecule has 0 unspecified atom stereocenters. The quantitative estimate of drug-likeness (QED) is 0.655. The van der Waals surface area contributed by atoms with Gasteiger partial charge in [0.15, 0.2) is 17.8 Å². The Hall–Kier alpha value is -3.27. The Bertz CT molecular complexity index is 1050. The van der Waals surface area contributed by atoms with Crippen molar-refractivity contribution in [3.05, 3.63) is 56.7 Å². The Balaban J connectivity index is 2.22. The maximum Gasteiger partial charge on any atom is 0.332 e. The van der Waals surface area contributed by atoms with Gasteiger partial charge >= 0.3 is 5.69 Å². The number of aryl methyl sites for hydroxylation is 2. The SMILES string of the molecule is C#CCOc1nc2c(c(=O)n(Cc3ccccc3)c(=O)n2C)n1C. The molecule has 0 fully saturated rings. The van der Waals surface area contributed by atoms with E-state index >= 15 is 0 Å². The van der Waals surface area contributed by atoms with E-state index in [0.717, 1.165) is 5.56 Å². The number of hydrogen-bond donors (Lipinski definition) is 0. The third-order valence-electron chi connectivity index (χ3n) is 3.79. The van der Waals surface area contributed by atoms with Gasteiger partial charge in [-0.25, -0.2) is 4.79 Å². The standard InChI is InChI=1S/C17H16N4O3/c1-4-10-24-16-18-14-13(19(16)2)15(22)21(17(23)20(14)3)11-12-8-6-5-7-9-12/h1,5-9H,10-11H2,2-3H3. The molecule has 0 radical (unpaired) electrons. The maximum absolute atomic E-state index is 12.8. The van der Waals surface area contributed by atoms with Crippen LogP contribution in [-0.4, -0.2) is 25.3 Å². The van der Waals surface area contributed by atoms with Crippen LogP contribution in [0.15, 0.2) is 39.9 Å². The molecule has 1 aromatic carbocycles. The van der Waals surface area contributed by atoms with Crippen LogP contribution in [0.2, 0.25) is 0 Å². The monoisotopic (exact) mass is 324 g/mol. The first-order valence-corrected chi connectivity index (χ1v) is 7.31. The number of terminal acetylenes is 1. The summed E-state index contributed by atoms with van der Waals surface area (Å²) in [6.07, 6.45) is 5.18. The minimum Gasteiger partial charge on any atom is -0.451 e. The summed E-state index contributed by atoms with van der Waals surface area (Å²) < 4.78 is 9.36. The Morgan fingerprint density at radius 2 is 1.88 bits per heavy atom. The molecule has 2 heterocycles. The van der Waals surface area contributed by atoms with Crippen LogP contribution in [0.3, 0.4) is 0 Å². The summed E-state index contributed by atoms with van der Waals surface area (Å²) >= 11 is 0. The van der Waals surface area contributed by atoms with Crippen molar-refractivity contribution >= 4 is 11.2 Å². The molecule has 3 aromatic rings. The lowest BCUT2D eigenvalue weighted by atomic mass is 10.2. The van der Waals surface area contributed by atoms with Gasteiger partial charge in [0.05, 0.1) is 6.54 Å². The van der Waals surface area contributed by atoms with Crippen molar-refractivity contribution in [1.29, 1.82) is 0 Å². The van der Waals surface area contributed by atoms with Gasteiger partial charge in [0.1, 0.15) is 0 Å². The molecule has 0 bridgehead atoms. The predicted molar refractivity (Wildman–Crippen MR) is 90.1 cm³/mol. The molecule has 0 aliphatic rings. The first kappa shape index (κ1) is 15.6. The van der Waals surface area contributed by atoms with E-state index < -0.39 is 11.2 Å². The van der Waals surface area contributed by atoms with E-state index in [9.17, 15) is 9.59 Å². The zero-order valence-corrected chi connectivity index (χ0v) is 13.4. The highest BCUT2D eigenvalue weighted by Crippen LogP contribution is 2.15. The second-order valence-electron chi connectivity index (χ2n) is 5.34. The number of imidazole rings is 1. The van der Waals surface area contributed by atoms with Gasteiger partial charge in [-0.2, -0.15) is 4.98 Å². The molecule has 7 nitrogen and oxygen atoms in total. The van der Waals surface area contributed by atoms with Crippen LogP contribution in [0.4, 0.5) is 0 Å². The molecule has 24 heavy (non-hydrogen) atoms. The minimum atomic E-state index is -0.432. The molecule has 0 aliphatic heterocycles.